The van der Waals surface area contributed by atoms with E-state index in [0.29, 0.717) is 24.9 Å². The van der Waals surface area contributed by atoms with E-state index in [1.54, 1.807) is 0 Å². The summed E-state index contributed by atoms with van der Waals surface area (Å²) in [5.74, 6) is 0.994. The molecule has 4 heteroatoms. The van der Waals surface area contributed by atoms with Crippen LogP contribution in [0.15, 0.2) is 0 Å². The molecule has 0 saturated carbocycles. The number of hydrogen-bond acceptors (Lipinski definition) is 2. The summed E-state index contributed by atoms with van der Waals surface area (Å²) >= 11 is 0. The normalized spacial score (nSPS) is 21.5. The maximum atomic E-state index is 10.7. The molecule has 1 fully saturated rings. The van der Waals surface area contributed by atoms with Crippen LogP contribution in [-0.2, 0) is 0 Å². The van der Waals surface area contributed by atoms with Crippen LogP contribution in [0.1, 0.15) is 33.6 Å². The van der Waals surface area contributed by atoms with E-state index in [2.05, 4.69) is 6.92 Å². The van der Waals surface area contributed by atoms with Crippen LogP contribution >= 0.6 is 0 Å². The van der Waals surface area contributed by atoms with Crippen LogP contribution in [0.4, 0.5) is 4.79 Å². The van der Waals surface area contributed by atoms with Crippen molar-refractivity contribution in [1.29, 1.82) is 0 Å². The number of carbonyl (C=O) groups is 1. The largest absolute Gasteiger partial charge is 0.465 e. The van der Waals surface area contributed by atoms with E-state index in [1.807, 2.05) is 13.8 Å². The summed E-state index contributed by atoms with van der Waals surface area (Å²) in [6, 6.07) is 0. The number of likely N-dealkylation sites (tertiary alicyclic amines) is 1. The van der Waals surface area contributed by atoms with Gasteiger partial charge >= 0.3 is 6.09 Å². The number of piperidine rings is 1. The van der Waals surface area contributed by atoms with Gasteiger partial charge in [-0.05, 0) is 38.5 Å². The van der Waals surface area contributed by atoms with Gasteiger partial charge in [-0.25, -0.2) is 4.79 Å². The van der Waals surface area contributed by atoms with Crippen molar-refractivity contribution in [2.45, 2.75) is 39.2 Å². The third kappa shape index (κ3) is 3.09. The molecule has 0 aromatic rings. The molecule has 0 aromatic heterocycles. The molecule has 1 rings (SSSR count). The van der Waals surface area contributed by atoms with Gasteiger partial charge in [0.2, 0.25) is 0 Å². The Bertz CT molecular complexity index is 227. The second-order valence-corrected chi connectivity index (χ2v) is 5.22. The molecule has 0 radical (unpaired) electrons. The summed E-state index contributed by atoms with van der Waals surface area (Å²) in [5, 5.41) is 8.82. The molecule has 0 spiro atoms. The third-order valence-corrected chi connectivity index (χ3v) is 3.69. The van der Waals surface area contributed by atoms with Crippen molar-refractivity contribution in [3.8, 4) is 0 Å². The summed E-state index contributed by atoms with van der Waals surface area (Å²) < 4.78 is 0. The van der Waals surface area contributed by atoms with E-state index in [-0.39, 0.29) is 5.54 Å². The van der Waals surface area contributed by atoms with Crippen molar-refractivity contribution in [2.75, 3.05) is 13.1 Å². The average molecular weight is 214 g/mol. The smallest absolute Gasteiger partial charge is 0.407 e. The molecule has 0 bridgehead atoms. The van der Waals surface area contributed by atoms with E-state index >= 15 is 0 Å². The first-order valence-corrected chi connectivity index (χ1v) is 5.59. The Labute approximate surface area is 91.4 Å². The minimum absolute atomic E-state index is 0.171. The van der Waals surface area contributed by atoms with Crippen LogP contribution < -0.4 is 5.73 Å². The zero-order chi connectivity index (χ0) is 11.6. The molecule has 15 heavy (non-hydrogen) atoms. The molecule has 0 aromatic carbocycles. The summed E-state index contributed by atoms with van der Waals surface area (Å²) in [4.78, 5) is 12.2. The van der Waals surface area contributed by atoms with Crippen molar-refractivity contribution < 1.29 is 9.90 Å². The van der Waals surface area contributed by atoms with Crippen molar-refractivity contribution >= 4 is 6.09 Å². The van der Waals surface area contributed by atoms with Crippen molar-refractivity contribution in [1.82, 2.24) is 4.90 Å². The highest BCUT2D eigenvalue weighted by molar-refractivity contribution is 5.64. The van der Waals surface area contributed by atoms with Gasteiger partial charge in [0, 0.05) is 18.6 Å². The van der Waals surface area contributed by atoms with Gasteiger partial charge in [-0.15, -0.1) is 0 Å². The monoisotopic (exact) mass is 214 g/mol. The van der Waals surface area contributed by atoms with Gasteiger partial charge in [0.05, 0.1) is 0 Å². The number of rotatable bonds is 2. The molecular weight excluding hydrogens is 192 g/mol. The van der Waals surface area contributed by atoms with Gasteiger partial charge < -0.3 is 15.7 Å². The molecule has 1 amide bonds. The fraction of sp³-hybridized carbons (Fsp3) is 0.909. The second kappa shape index (κ2) is 4.39. The van der Waals surface area contributed by atoms with Gasteiger partial charge in [-0.2, -0.15) is 0 Å². The van der Waals surface area contributed by atoms with E-state index in [0.717, 1.165) is 12.8 Å². The van der Waals surface area contributed by atoms with Gasteiger partial charge in [-0.3, -0.25) is 0 Å². The highest BCUT2D eigenvalue weighted by Crippen LogP contribution is 2.30. The lowest BCUT2D eigenvalue weighted by atomic mass is 9.75. The van der Waals surface area contributed by atoms with Crippen LogP contribution in [0, 0.1) is 11.8 Å². The van der Waals surface area contributed by atoms with Crippen LogP contribution in [0.5, 0.6) is 0 Å². The highest BCUT2D eigenvalue weighted by atomic mass is 16.4. The molecule has 1 atom stereocenters. The SMILES string of the molecule is CC(C1CCN(C(=O)O)CC1)C(C)(C)N. The number of hydrogen-bond donors (Lipinski definition) is 2. The first-order valence-electron chi connectivity index (χ1n) is 5.59. The Balaban J connectivity index is 2.47. The zero-order valence-corrected chi connectivity index (χ0v) is 9.86. The maximum absolute atomic E-state index is 10.7. The van der Waals surface area contributed by atoms with Crippen molar-refractivity contribution in [3.63, 3.8) is 0 Å². The lowest BCUT2D eigenvalue weighted by Gasteiger charge is -2.39. The topological polar surface area (TPSA) is 66.6 Å². The van der Waals surface area contributed by atoms with E-state index in [4.69, 9.17) is 10.8 Å². The predicted molar refractivity (Wildman–Crippen MR) is 59.8 cm³/mol. The van der Waals surface area contributed by atoms with E-state index < -0.39 is 6.09 Å². The quantitative estimate of drug-likeness (QED) is 0.736. The minimum atomic E-state index is -0.798. The Kier molecular flexibility index (Phi) is 3.60. The van der Waals surface area contributed by atoms with Gasteiger partial charge in [0.15, 0.2) is 0 Å². The molecule has 88 valence electrons. The standard InChI is InChI=1S/C11H22N2O2/c1-8(11(2,3)12)9-4-6-13(7-5-9)10(14)15/h8-9H,4-7,12H2,1-3H3,(H,14,15). The molecule has 1 unspecified atom stereocenters. The van der Waals surface area contributed by atoms with Gasteiger partial charge in [0.1, 0.15) is 0 Å². The Hall–Kier alpha value is -0.770. The molecule has 1 aliphatic rings. The fourth-order valence-electron chi connectivity index (χ4n) is 2.20. The Morgan fingerprint density at radius 1 is 1.47 bits per heavy atom. The first kappa shape index (κ1) is 12.3. The van der Waals surface area contributed by atoms with Crippen molar-refractivity contribution in [2.24, 2.45) is 17.6 Å². The van der Waals surface area contributed by atoms with Crippen LogP contribution in [0.3, 0.4) is 0 Å². The molecule has 1 aliphatic heterocycles. The van der Waals surface area contributed by atoms with E-state index in [1.165, 1.54) is 4.90 Å². The molecule has 4 nitrogen and oxygen atoms in total. The molecule has 1 heterocycles. The number of amides is 1. The maximum Gasteiger partial charge on any atom is 0.407 e. The van der Waals surface area contributed by atoms with Gasteiger partial charge in [-0.1, -0.05) is 6.92 Å². The average Bonchev–Trinajstić information content (AvgIpc) is 2.15. The molecule has 1 saturated heterocycles. The third-order valence-electron chi connectivity index (χ3n) is 3.69. The van der Waals surface area contributed by atoms with Crippen LogP contribution in [-0.4, -0.2) is 34.7 Å². The zero-order valence-electron chi connectivity index (χ0n) is 9.86. The second-order valence-electron chi connectivity index (χ2n) is 5.22. The Morgan fingerprint density at radius 3 is 2.27 bits per heavy atom. The fourth-order valence-corrected chi connectivity index (χ4v) is 2.20. The minimum Gasteiger partial charge on any atom is -0.465 e. The highest BCUT2D eigenvalue weighted by Gasteiger charge is 2.32. The number of nitrogens with two attached hydrogens (primary N) is 1. The first-order chi connectivity index (χ1) is 6.82. The van der Waals surface area contributed by atoms with Crippen LogP contribution in [0.25, 0.3) is 0 Å². The Morgan fingerprint density at radius 2 is 1.93 bits per heavy atom. The molecular formula is C11H22N2O2. The van der Waals surface area contributed by atoms with Crippen LogP contribution in [0.2, 0.25) is 0 Å². The molecule has 3 N–H and O–H groups in total. The summed E-state index contributed by atoms with van der Waals surface area (Å²) in [6.45, 7) is 7.56. The van der Waals surface area contributed by atoms with Gasteiger partial charge in [0.25, 0.3) is 0 Å². The number of nitrogens with zero attached hydrogens (tertiary/aromatic N) is 1. The summed E-state index contributed by atoms with van der Waals surface area (Å²) in [6.07, 6.45) is 1.08. The summed E-state index contributed by atoms with van der Waals surface area (Å²) in [5.41, 5.74) is 5.90. The summed E-state index contributed by atoms with van der Waals surface area (Å²) in [7, 11) is 0. The predicted octanol–water partition coefficient (Wildman–Crippen LogP) is 1.75. The van der Waals surface area contributed by atoms with E-state index in [9.17, 15) is 4.79 Å². The van der Waals surface area contributed by atoms with Crippen molar-refractivity contribution in [3.05, 3.63) is 0 Å². The lowest BCUT2D eigenvalue weighted by molar-refractivity contribution is 0.102. The lowest BCUT2D eigenvalue weighted by Crippen LogP contribution is -2.47. The number of carboxylic acid groups (broad SMARTS) is 1. The molecule has 0 aliphatic carbocycles.